The average Bonchev–Trinajstić information content (AvgIpc) is 2.14. The molecule has 1 aliphatic rings. The zero-order chi connectivity index (χ0) is 12.2. The maximum atomic E-state index is 12.1. The predicted molar refractivity (Wildman–Crippen MR) is 58.4 cm³/mol. The molecule has 0 aliphatic carbocycles. The van der Waals surface area contributed by atoms with Gasteiger partial charge in [0.05, 0.1) is 6.54 Å². The van der Waals surface area contributed by atoms with Gasteiger partial charge in [-0.3, -0.25) is 4.90 Å². The summed E-state index contributed by atoms with van der Waals surface area (Å²) in [4.78, 5) is 1.51. The zero-order valence-corrected chi connectivity index (χ0v) is 9.98. The van der Waals surface area contributed by atoms with E-state index in [4.69, 9.17) is 0 Å². The van der Waals surface area contributed by atoms with E-state index >= 15 is 0 Å². The second-order valence-electron chi connectivity index (χ2n) is 4.90. The lowest BCUT2D eigenvalue weighted by atomic mass is 9.96. The highest BCUT2D eigenvalue weighted by molar-refractivity contribution is 4.75. The van der Waals surface area contributed by atoms with Crippen molar-refractivity contribution in [3.05, 3.63) is 0 Å². The van der Waals surface area contributed by atoms with Crippen molar-refractivity contribution in [1.29, 1.82) is 0 Å². The molecule has 5 heteroatoms. The van der Waals surface area contributed by atoms with Crippen LogP contribution in [-0.2, 0) is 0 Å². The highest BCUT2D eigenvalue weighted by Crippen LogP contribution is 2.22. The summed E-state index contributed by atoms with van der Waals surface area (Å²) in [5.74, 6) is 0.534. The number of nitrogens with zero attached hydrogens (tertiary/aromatic N) is 1. The van der Waals surface area contributed by atoms with Crippen molar-refractivity contribution < 1.29 is 13.2 Å². The van der Waals surface area contributed by atoms with E-state index < -0.39 is 12.7 Å². The Bertz CT molecular complexity index is 196. The first-order chi connectivity index (χ1) is 7.37. The molecule has 96 valence electrons. The minimum atomic E-state index is -4.05. The number of piperidine rings is 1. The lowest BCUT2D eigenvalue weighted by molar-refractivity contribution is -0.148. The smallest absolute Gasteiger partial charge is 0.314 e. The number of nitrogens with one attached hydrogen (secondary N) is 1. The van der Waals surface area contributed by atoms with E-state index in [-0.39, 0.29) is 0 Å². The fraction of sp³-hybridized carbons (Fsp3) is 1.00. The van der Waals surface area contributed by atoms with E-state index in [0.29, 0.717) is 25.0 Å². The van der Waals surface area contributed by atoms with Crippen LogP contribution in [0.5, 0.6) is 0 Å². The maximum Gasteiger partial charge on any atom is 0.401 e. The Morgan fingerprint density at radius 3 is 2.25 bits per heavy atom. The first-order valence-corrected chi connectivity index (χ1v) is 5.89. The first kappa shape index (κ1) is 13.8. The lowest BCUT2D eigenvalue weighted by Crippen LogP contribution is -2.42. The fourth-order valence-electron chi connectivity index (χ4n) is 2.00. The standard InChI is InChI=1S/C11H21F3N2/c1-9(2)15-7-10-3-5-16(6-4-10)8-11(12,13)14/h9-10,15H,3-8H2,1-2H3. The monoisotopic (exact) mass is 238 g/mol. The molecule has 2 nitrogen and oxygen atoms in total. The minimum Gasteiger partial charge on any atom is -0.314 e. The second-order valence-corrected chi connectivity index (χ2v) is 4.90. The van der Waals surface area contributed by atoms with Gasteiger partial charge in [-0.2, -0.15) is 13.2 Å². The third-order valence-electron chi connectivity index (χ3n) is 2.92. The van der Waals surface area contributed by atoms with Gasteiger partial charge in [-0.15, -0.1) is 0 Å². The van der Waals surface area contributed by atoms with Crippen LogP contribution >= 0.6 is 0 Å². The van der Waals surface area contributed by atoms with Crippen molar-refractivity contribution in [1.82, 2.24) is 10.2 Å². The molecule has 0 unspecified atom stereocenters. The van der Waals surface area contributed by atoms with E-state index in [2.05, 4.69) is 19.2 Å². The molecule has 0 saturated carbocycles. The van der Waals surface area contributed by atoms with Gasteiger partial charge in [0.1, 0.15) is 0 Å². The fourth-order valence-corrected chi connectivity index (χ4v) is 2.00. The Morgan fingerprint density at radius 2 is 1.81 bits per heavy atom. The van der Waals surface area contributed by atoms with Crippen LogP contribution in [-0.4, -0.2) is 43.3 Å². The topological polar surface area (TPSA) is 15.3 Å². The van der Waals surface area contributed by atoms with Crippen molar-refractivity contribution in [2.75, 3.05) is 26.2 Å². The normalized spacial score (nSPS) is 20.6. The van der Waals surface area contributed by atoms with Crippen molar-refractivity contribution in [2.24, 2.45) is 5.92 Å². The molecule has 0 radical (unpaired) electrons. The first-order valence-electron chi connectivity index (χ1n) is 5.89. The number of hydrogen-bond donors (Lipinski definition) is 1. The van der Waals surface area contributed by atoms with Gasteiger partial charge in [0.25, 0.3) is 0 Å². The van der Waals surface area contributed by atoms with Crippen LogP contribution in [0.1, 0.15) is 26.7 Å². The van der Waals surface area contributed by atoms with E-state index in [1.807, 2.05) is 0 Å². The molecule has 1 rings (SSSR count). The number of halogens is 3. The van der Waals surface area contributed by atoms with Crippen LogP contribution < -0.4 is 5.32 Å². The van der Waals surface area contributed by atoms with Crippen molar-refractivity contribution in [3.8, 4) is 0 Å². The summed E-state index contributed by atoms with van der Waals surface area (Å²) in [6.07, 6.45) is -2.31. The van der Waals surface area contributed by atoms with Gasteiger partial charge >= 0.3 is 6.18 Å². The Balaban J connectivity index is 2.18. The van der Waals surface area contributed by atoms with Crippen LogP contribution in [0.2, 0.25) is 0 Å². The van der Waals surface area contributed by atoms with Crippen LogP contribution in [0.3, 0.4) is 0 Å². The Kier molecular flexibility index (Phi) is 5.05. The van der Waals surface area contributed by atoms with Gasteiger partial charge in [-0.1, -0.05) is 13.8 Å². The Hall–Kier alpha value is -0.290. The summed E-state index contributed by atoms with van der Waals surface area (Å²) in [5, 5.41) is 3.34. The molecule has 1 N–H and O–H groups in total. The highest BCUT2D eigenvalue weighted by Gasteiger charge is 2.32. The highest BCUT2D eigenvalue weighted by atomic mass is 19.4. The molecule has 1 fully saturated rings. The van der Waals surface area contributed by atoms with Gasteiger partial charge in [-0.25, -0.2) is 0 Å². The van der Waals surface area contributed by atoms with E-state index in [0.717, 1.165) is 19.4 Å². The summed E-state index contributed by atoms with van der Waals surface area (Å²) < 4.78 is 36.4. The molecular weight excluding hydrogens is 217 g/mol. The van der Waals surface area contributed by atoms with Crippen molar-refractivity contribution >= 4 is 0 Å². The molecule has 0 atom stereocenters. The molecule has 16 heavy (non-hydrogen) atoms. The molecule has 0 spiro atoms. The Morgan fingerprint density at radius 1 is 1.25 bits per heavy atom. The van der Waals surface area contributed by atoms with E-state index in [9.17, 15) is 13.2 Å². The lowest BCUT2D eigenvalue weighted by Gasteiger charge is -2.32. The molecule has 1 saturated heterocycles. The third-order valence-corrected chi connectivity index (χ3v) is 2.92. The second kappa shape index (κ2) is 5.87. The van der Waals surface area contributed by atoms with E-state index in [1.54, 1.807) is 0 Å². The molecular formula is C11H21F3N2. The van der Waals surface area contributed by atoms with Crippen molar-refractivity contribution in [3.63, 3.8) is 0 Å². The minimum absolute atomic E-state index is 0.452. The third kappa shape index (κ3) is 5.70. The summed E-state index contributed by atoms with van der Waals surface area (Å²) >= 11 is 0. The number of alkyl halides is 3. The largest absolute Gasteiger partial charge is 0.401 e. The predicted octanol–water partition coefficient (Wildman–Crippen LogP) is 2.26. The molecule has 1 aliphatic heterocycles. The van der Waals surface area contributed by atoms with Gasteiger partial charge in [-0.05, 0) is 38.4 Å². The summed E-state index contributed by atoms with van der Waals surface area (Å²) in [5.41, 5.74) is 0. The summed E-state index contributed by atoms with van der Waals surface area (Å²) in [6, 6.07) is 0.452. The molecule has 1 heterocycles. The van der Waals surface area contributed by atoms with Crippen molar-refractivity contribution in [2.45, 2.75) is 38.9 Å². The van der Waals surface area contributed by atoms with Gasteiger partial charge < -0.3 is 5.32 Å². The van der Waals surface area contributed by atoms with Crippen LogP contribution in [0.4, 0.5) is 13.2 Å². The maximum absolute atomic E-state index is 12.1. The van der Waals surface area contributed by atoms with Crippen LogP contribution in [0.25, 0.3) is 0 Å². The molecule has 0 bridgehead atoms. The zero-order valence-electron chi connectivity index (χ0n) is 9.98. The quantitative estimate of drug-likeness (QED) is 0.808. The molecule has 0 aromatic heterocycles. The summed E-state index contributed by atoms with van der Waals surface area (Å²) in [7, 11) is 0. The molecule has 0 amide bonds. The molecule has 0 aromatic carbocycles. The van der Waals surface area contributed by atoms with E-state index in [1.165, 1.54) is 4.90 Å². The number of rotatable bonds is 4. The van der Waals surface area contributed by atoms with Crippen LogP contribution in [0.15, 0.2) is 0 Å². The van der Waals surface area contributed by atoms with Gasteiger partial charge in [0.15, 0.2) is 0 Å². The Labute approximate surface area is 95.2 Å². The van der Waals surface area contributed by atoms with Crippen LogP contribution in [0, 0.1) is 5.92 Å². The SMILES string of the molecule is CC(C)NCC1CCN(CC(F)(F)F)CC1. The van der Waals surface area contributed by atoms with Gasteiger partial charge in [0, 0.05) is 6.04 Å². The molecule has 0 aromatic rings. The number of hydrogen-bond acceptors (Lipinski definition) is 2. The summed E-state index contributed by atoms with van der Waals surface area (Å²) in [6.45, 7) is 5.49. The average molecular weight is 238 g/mol. The van der Waals surface area contributed by atoms with Gasteiger partial charge in [0.2, 0.25) is 0 Å². The number of likely N-dealkylation sites (tertiary alicyclic amines) is 1.